The van der Waals surface area contributed by atoms with E-state index in [4.69, 9.17) is 9.84 Å². The molecule has 0 spiro atoms. The van der Waals surface area contributed by atoms with Gasteiger partial charge in [-0.15, -0.1) is 10.2 Å². The first-order chi connectivity index (χ1) is 15.2. The van der Waals surface area contributed by atoms with Crippen molar-refractivity contribution >= 4 is 0 Å². The molecule has 5 rings (SSSR count). The number of methoxy groups -OCH3 is 1. The van der Waals surface area contributed by atoms with Crippen molar-refractivity contribution in [2.24, 2.45) is 0 Å². The summed E-state index contributed by atoms with van der Waals surface area (Å²) in [5, 5.41) is 16.7. The quantitative estimate of drug-likeness (QED) is 0.497. The Bertz CT molecular complexity index is 1200. The number of ether oxygens (including phenoxy) is 1. The van der Waals surface area contributed by atoms with Crippen molar-refractivity contribution in [2.45, 2.75) is 32.5 Å². The maximum Gasteiger partial charge on any atom is 0.147 e. The normalized spacial score (nSPS) is 12.8. The number of benzene rings is 2. The maximum atomic E-state index is 14.8. The SMILES string of the molecule is COc1ccc(-c2nn(-c3ccccc3)cc2CNCc2nnc3n2CCC3)c(F)c1. The fourth-order valence-corrected chi connectivity index (χ4v) is 3.94. The summed E-state index contributed by atoms with van der Waals surface area (Å²) in [4.78, 5) is 0. The van der Waals surface area contributed by atoms with E-state index in [0.717, 1.165) is 42.3 Å². The zero-order valence-electron chi connectivity index (χ0n) is 17.3. The highest BCUT2D eigenvalue weighted by Gasteiger charge is 2.19. The molecule has 0 saturated carbocycles. The van der Waals surface area contributed by atoms with Crippen LogP contribution < -0.4 is 10.1 Å². The van der Waals surface area contributed by atoms with Crippen LogP contribution in [-0.2, 0) is 26.1 Å². The van der Waals surface area contributed by atoms with Gasteiger partial charge >= 0.3 is 0 Å². The molecule has 0 unspecified atom stereocenters. The number of fused-ring (bicyclic) bond motifs is 1. The van der Waals surface area contributed by atoms with Gasteiger partial charge in [0, 0.05) is 42.9 Å². The number of nitrogens with zero attached hydrogens (tertiary/aromatic N) is 5. The summed E-state index contributed by atoms with van der Waals surface area (Å²) in [7, 11) is 1.52. The molecule has 2 aromatic carbocycles. The minimum absolute atomic E-state index is 0.366. The minimum Gasteiger partial charge on any atom is -0.497 e. The summed E-state index contributed by atoms with van der Waals surface area (Å²) in [6.45, 7) is 2.08. The first-order valence-electron chi connectivity index (χ1n) is 10.3. The zero-order valence-corrected chi connectivity index (χ0v) is 17.3. The number of aryl methyl sites for hydroxylation is 1. The van der Waals surface area contributed by atoms with Crippen LogP contribution >= 0.6 is 0 Å². The molecule has 1 aliphatic rings. The molecular formula is C23H23FN6O. The van der Waals surface area contributed by atoms with Gasteiger partial charge < -0.3 is 14.6 Å². The second-order valence-electron chi connectivity index (χ2n) is 7.52. The fraction of sp³-hybridized carbons (Fsp3) is 0.261. The van der Waals surface area contributed by atoms with Crippen LogP contribution in [-0.4, -0.2) is 31.7 Å². The number of hydrogen-bond donors (Lipinski definition) is 1. The van der Waals surface area contributed by atoms with Crippen LogP contribution in [0.5, 0.6) is 5.75 Å². The molecular weight excluding hydrogens is 395 g/mol. The molecule has 0 atom stereocenters. The molecule has 0 aliphatic carbocycles. The van der Waals surface area contributed by atoms with Crippen LogP contribution in [0.4, 0.5) is 4.39 Å². The molecule has 0 saturated heterocycles. The van der Waals surface area contributed by atoms with Crippen molar-refractivity contribution < 1.29 is 9.13 Å². The summed E-state index contributed by atoms with van der Waals surface area (Å²) in [5.74, 6) is 2.09. The Hall–Kier alpha value is -3.52. The van der Waals surface area contributed by atoms with E-state index >= 15 is 0 Å². The number of halogens is 1. The predicted octanol–water partition coefficient (Wildman–Crippen LogP) is 3.51. The first-order valence-corrected chi connectivity index (χ1v) is 10.3. The van der Waals surface area contributed by atoms with E-state index in [0.29, 0.717) is 30.1 Å². The van der Waals surface area contributed by atoms with Gasteiger partial charge in [0.25, 0.3) is 0 Å². The van der Waals surface area contributed by atoms with E-state index in [2.05, 4.69) is 20.1 Å². The molecule has 2 aromatic heterocycles. The first kappa shape index (κ1) is 19.4. The summed E-state index contributed by atoms with van der Waals surface area (Å²) in [6, 6.07) is 14.6. The maximum absolute atomic E-state index is 14.8. The Morgan fingerprint density at radius 1 is 1.10 bits per heavy atom. The van der Waals surface area contributed by atoms with Crippen molar-refractivity contribution in [3.63, 3.8) is 0 Å². The van der Waals surface area contributed by atoms with Crippen molar-refractivity contribution in [3.8, 4) is 22.7 Å². The van der Waals surface area contributed by atoms with Crippen LogP contribution in [0.25, 0.3) is 16.9 Å². The lowest BCUT2D eigenvalue weighted by Crippen LogP contribution is -2.16. The Kier molecular flexibility index (Phi) is 5.21. The lowest BCUT2D eigenvalue weighted by atomic mass is 10.1. The molecule has 4 aromatic rings. The Morgan fingerprint density at radius 3 is 2.77 bits per heavy atom. The van der Waals surface area contributed by atoms with E-state index in [-0.39, 0.29) is 5.82 Å². The number of hydrogen-bond acceptors (Lipinski definition) is 5. The zero-order chi connectivity index (χ0) is 21.2. The number of nitrogens with one attached hydrogen (secondary N) is 1. The Balaban J connectivity index is 1.44. The minimum atomic E-state index is -0.366. The number of para-hydroxylation sites is 1. The molecule has 0 bridgehead atoms. The van der Waals surface area contributed by atoms with E-state index in [9.17, 15) is 4.39 Å². The second kappa shape index (κ2) is 8.31. The smallest absolute Gasteiger partial charge is 0.147 e. The largest absolute Gasteiger partial charge is 0.497 e. The highest BCUT2D eigenvalue weighted by atomic mass is 19.1. The molecule has 1 N–H and O–H groups in total. The van der Waals surface area contributed by atoms with E-state index in [1.807, 2.05) is 36.5 Å². The molecule has 0 fully saturated rings. The third-order valence-electron chi connectivity index (χ3n) is 5.53. The average molecular weight is 418 g/mol. The molecule has 3 heterocycles. The Labute approximate surface area is 179 Å². The average Bonchev–Trinajstić information content (AvgIpc) is 3.51. The van der Waals surface area contributed by atoms with Gasteiger partial charge in [0.15, 0.2) is 0 Å². The third-order valence-corrected chi connectivity index (χ3v) is 5.53. The van der Waals surface area contributed by atoms with Crippen molar-refractivity contribution in [1.29, 1.82) is 0 Å². The third kappa shape index (κ3) is 3.82. The van der Waals surface area contributed by atoms with Crippen LogP contribution in [0.3, 0.4) is 0 Å². The topological polar surface area (TPSA) is 69.8 Å². The van der Waals surface area contributed by atoms with Crippen molar-refractivity contribution in [2.75, 3.05) is 7.11 Å². The van der Waals surface area contributed by atoms with Crippen LogP contribution in [0.1, 0.15) is 23.6 Å². The van der Waals surface area contributed by atoms with Gasteiger partial charge in [0.05, 0.1) is 19.3 Å². The molecule has 7 nitrogen and oxygen atoms in total. The summed E-state index contributed by atoms with van der Waals surface area (Å²) < 4.78 is 23.9. The van der Waals surface area contributed by atoms with Gasteiger partial charge in [-0.05, 0) is 30.7 Å². The predicted molar refractivity (Wildman–Crippen MR) is 114 cm³/mol. The molecule has 31 heavy (non-hydrogen) atoms. The summed E-state index contributed by atoms with van der Waals surface area (Å²) in [6.07, 6.45) is 4.04. The van der Waals surface area contributed by atoms with Crippen LogP contribution in [0.2, 0.25) is 0 Å². The highest BCUT2D eigenvalue weighted by Crippen LogP contribution is 2.29. The van der Waals surface area contributed by atoms with Gasteiger partial charge in [0.2, 0.25) is 0 Å². The van der Waals surface area contributed by atoms with E-state index in [1.165, 1.54) is 13.2 Å². The van der Waals surface area contributed by atoms with Crippen molar-refractivity contribution in [3.05, 3.63) is 77.8 Å². The summed E-state index contributed by atoms with van der Waals surface area (Å²) >= 11 is 0. The molecule has 158 valence electrons. The lowest BCUT2D eigenvalue weighted by Gasteiger charge is -2.07. The second-order valence-corrected chi connectivity index (χ2v) is 7.52. The molecule has 0 amide bonds. The molecule has 8 heteroatoms. The standard InChI is InChI=1S/C23H23FN6O/c1-31-18-9-10-19(20(24)12-18)23-16(15-30(28-23)17-6-3-2-4-7-17)13-25-14-22-27-26-21-8-5-11-29(21)22/h2-4,6-7,9-10,12,15,25H,5,8,11,13-14H2,1H3. The molecule has 0 radical (unpaired) electrons. The fourth-order valence-electron chi connectivity index (χ4n) is 3.94. The monoisotopic (exact) mass is 418 g/mol. The van der Waals surface area contributed by atoms with Gasteiger partial charge in [0.1, 0.15) is 28.9 Å². The van der Waals surface area contributed by atoms with E-state index < -0.39 is 0 Å². The van der Waals surface area contributed by atoms with Crippen LogP contribution in [0, 0.1) is 5.82 Å². The van der Waals surface area contributed by atoms with Crippen LogP contribution in [0.15, 0.2) is 54.7 Å². The van der Waals surface area contributed by atoms with Gasteiger partial charge in [-0.1, -0.05) is 18.2 Å². The van der Waals surface area contributed by atoms with Crippen molar-refractivity contribution in [1.82, 2.24) is 29.9 Å². The summed E-state index contributed by atoms with van der Waals surface area (Å²) in [5.41, 5.74) is 2.85. The number of aromatic nitrogens is 5. The number of rotatable bonds is 7. The van der Waals surface area contributed by atoms with Gasteiger partial charge in [-0.2, -0.15) is 5.10 Å². The van der Waals surface area contributed by atoms with Gasteiger partial charge in [-0.3, -0.25) is 0 Å². The lowest BCUT2D eigenvalue weighted by molar-refractivity contribution is 0.411. The Morgan fingerprint density at radius 2 is 1.97 bits per heavy atom. The van der Waals surface area contributed by atoms with Gasteiger partial charge in [-0.25, -0.2) is 9.07 Å². The van der Waals surface area contributed by atoms with E-state index in [1.54, 1.807) is 16.8 Å². The molecule has 1 aliphatic heterocycles. The highest BCUT2D eigenvalue weighted by molar-refractivity contribution is 5.65.